The lowest BCUT2D eigenvalue weighted by atomic mass is 10.0. The van der Waals surface area contributed by atoms with E-state index in [0.29, 0.717) is 5.75 Å². The van der Waals surface area contributed by atoms with E-state index < -0.39 is 0 Å². The zero-order valence-corrected chi connectivity index (χ0v) is 12.2. The Balaban J connectivity index is 2.05. The fraction of sp³-hybridized carbons (Fsp3) is 0.571. The van der Waals surface area contributed by atoms with Gasteiger partial charge in [0.2, 0.25) is 0 Å². The van der Waals surface area contributed by atoms with Gasteiger partial charge in [0.05, 0.1) is 0 Å². The van der Waals surface area contributed by atoms with E-state index in [1.165, 1.54) is 0 Å². The van der Waals surface area contributed by atoms with Crippen LogP contribution in [0.1, 0.15) is 37.8 Å². The smallest absolute Gasteiger partial charge is 0.120 e. The molecule has 3 nitrogen and oxygen atoms in total. The van der Waals surface area contributed by atoms with Gasteiger partial charge in [0.15, 0.2) is 0 Å². The average molecular weight is 314 g/mol. The molecule has 0 spiro atoms. The van der Waals surface area contributed by atoms with E-state index in [1.54, 1.807) is 6.07 Å². The van der Waals surface area contributed by atoms with E-state index in [-0.39, 0.29) is 18.1 Å². The molecule has 0 bridgehead atoms. The van der Waals surface area contributed by atoms with Crippen molar-refractivity contribution in [3.8, 4) is 5.75 Å². The molecule has 1 aliphatic carbocycles. The van der Waals surface area contributed by atoms with Crippen LogP contribution in [0.25, 0.3) is 0 Å². The molecule has 1 unspecified atom stereocenters. The molecule has 0 aliphatic heterocycles. The quantitative estimate of drug-likeness (QED) is 0.757. The summed E-state index contributed by atoms with van der Waals surface area (Å²) >= 11 is 3.43. The van der Waals surface area contributed by atoms with E-state index in [9.17, 15) is 10.2 Å². The predicted octanol–water partition coefficient (Wildman–Crippen LogP) is 2.97. The molecule has 18 heavy (non-hydrogen) atoms. The van der Waals surface area contributed by atoms with Crippen LogP contribution < -0.4 is 5.32 Å². The van der Waals surface area contributed by atoms with Crippen LogP contribution in [0.15, 0.2) is 22.7 Å². The summed E-state index contributed by atoms with van der Waals surface area (Å²) in [6.07, 6.45) is 3.10. The van der Waals surface area contributed by atoms with Gasteiger partial charge in [0.1, 0.15) is 5.75 Å². The lowest BCUT2D eigenvalue weighted by molar-refractivity contribution is 0.203. The lowest BCUT2D eigenvalue weighted by Crippen LogP contribution is -2.30. The second-order valence-electron chi connectivity index (χ2n) is 5.20. The SMILES string of the molecule is CCC(NCC1(CO)CC1)c1cc(Br)ccc1O. The predicted molar refractivity (Wildman–Crippen MR) is 75.6 cm³/mol. The molecule has 1 aromatic rings. The maximum absolute atomic E-state index is 9.93. The van der Waals surface area contributed by atoms with Gasteiger partial charge in [-0.1, -0.05) is 22.9 Å². The minimum atomic E-state index is 0.0923. The van der Waals surface area contributed by atoms with E-state index in [0.717, 1.165) is 35.8 Å². The molecule has 1 saturated carbocycles. The van der Waals surface area contributed by atoms with Gasteiger partial charge in [0, 0.05) is 34.6 Å². The standard InChI is InChI=1S/C14H20BrNO2/c1-2-12(16-8-14(9-17)5-6-14)11-7-10(15)3-4-13(11)18/h3-4,7,12,16-18H,2,5-6,8-9H2,1H3. The highest BCUT2D eigenvalue weighted by atomic mass is 79.9. The van der Waals surface area contributed by atoms with Gasteiger partial charge in [-0.2, -0.15) is 0 Å². The molecule has 2 rings (SSSR count). The number of benzene rings is 1. The number of hydrogen-bond acceptors (Lipinski definition) is 3. The van der Waals surface area contributed by atoms with Gasteiger partial charge in [-0.3, -0.25) is 0 Å². The molecule has 1 atom stereocenters. The molecule has 1 fully saturated rings. The van der Waals surface area contributed by atoms with Crippen LogP contribution in [0.2, 0.25) is 0 Å². The summed E-state index contributed by atoms with van der Waals surface area (Å²) in [6, 6.07) is 5.63. The second kappa shape index (κ2) is 5.59. The molecule has 1 aliphatic rings. The first kappa shape index (κ1) is 13.8. The summed E-state index contributed by atoms with van der Waals surface area (Å²) in [7, 11) is 0. The number of rotatable bonds is 6. The fourth-order valence-corrected chi connectivity index (χ4v) is 2.56. The molecular formula is C14H20BrNO2. The van der Waals surface area contributed by atoms with E-state index in [2.05, 4.69) is 28.2 Å². The molecule has 0 heterocycles. The van der Waals surface area contributed by atoms with Crippen molar-refractivity contribution >= 4 is 15.9 Å². The van der Waals surface area contributed by atoms with E-state index >= 15 is 0 Å². The van der Waals surface area contributed by atoms with E-state index in [4.69, 9.17) is 0 Å². The molecule has 4 heteroatoms. The summed E-state index contributed by atoms with van der Waals surface area (Å²) in [4.78, 5) is 0. The maximum atomic E-state index is 9.93. The van der Waals surface area contributed by atoms with Crippen molar-refractivity contribution in [3.63, 3.8) is 0 Å². The molecule has 0 amide bonds. The Morgan fingerprint density at radius 1 is 1.44 bits per heavy atom. The van der Waals surface area contributed by atoms with Crippen molar-refractivity contribution in [1.29, 1.82) is 0 Å². The Labute approximate surface area is 116 Å². The molecule has 0 aromatic heterocycles. The third kappa shape index (κ3) is 3.05. The highest BCUT2D eigenvalue weighted by Gasteiger charge is 2.41. The van der Waals surface area contributed by atoms with Gasteiger partial charge >= 0.3 is 0 Å². The summed E-state index contributed by atoms with van der Waals surface area (Å²) in [6.45, 7) is 3.16. The Kier molecular flexibility index (Phi) is 4.30. The number of aliphatic hydroxyl groups excluding tert-OH is 1. The largest absolute Gasteiger partial charge is 0.508 e. The van der Waals surface area contributed by atoms with Crippen molar-refractivity contribution in [2.75, 3.05) is 13.2 Å². The van der Waals surface area contributed by atoms with Gasteiger partial charge < -0.3 is 15.5 Å². The summed E-state index contributed by atoms with van der Waals surface area (Å²) in [5.41, 5.74) is 1.01. The van der Waals surface area contributed by atoms with Crippen LogP contribution in [0.5, 0.6) is 5.75 Å². The minimum absolute atomic E-state index is 0.0923. The van der Waals surface area contributed by atoms with Gasteiger partial charge in [-0.15, -0.1) is 0 Å². The van der Waals surface area contributed by atoms with Crippen LogP contribution in [0, 0.1) is 5.41 Å². The van der Waals surface area contributed by atoms with E-state index in [1.807, 2.05) is 12.1 Å². The van der Waals surface area contributed by atoms with Crippen molar-refractivity contribution in [3.05, 3.63) is 28.2 Å². The first-order chi connectivity index (χ1) is 8.60. The Morgan fingerprint density at radius 2 is 2.17 bits per heavy atom. The van der Waals surface area contributed by atoms with Crippen LogP contribution in [-0.2, 0) is 0 Å². The number of aromatic hydroxyl groups is 1. The summed E-state index contributed by atoms with van der Waals surface area (Å²) < 4.78 is 0.971. The summed E-state index contributed by atoms with van der Waals surface area (Å²) in [5.74, 6) is 0.325. The second-order valence-corrected chi connectivity index (χ2v) is 6.12. The minimum Gasteiger partial charge on any atom is -0.508 e. The van der Waals surface area contributed by atoms with Crippen LogP contribution in [0.4, 0.5) is 0 Å². The third-order valence-electron chi connectivity index (χ3n) is 3.79. The van der Waals surface area contributed by atoms with Crippen LogP contribution in [-0.4, -0.2) is 23.4 Å². The molecule has 100 valence electrons. The maximum Gasteiger partial charge on any atom is 0.120 e. The zero-order chi connectivity index (χ0) is 13.2. The van der Waals surface area contributed by atoms with Crippen molar-refractivity contribution in [1.82, 2.24) is 5.32 Å². The Morgan fingerprint density at radius 3 is 2.72 bits per heavy atom. The monoisotopic (exact) mass is 313 g/mol. The summed E-state index contributed by atoms with van der Waals surface area (Å²) in [5, 5.41) is 22.7. The van der Waals surface area contributed by atoms with Gasteiger partial charge in [0.25, 0.3) is 0 Å². The molecule has 0 saturated heterocycles. The highest BCUT2D eigenvalue weighted by molar-refractivity contribution is 9.10. The molecule has 0 radical (unpaired) electrons. The number of aliphatic hydroxyl groups is 1. The number of hydrogen-bond donors (Lipinski definition) is 3. The van der Waals surface area contributed by atoms with Gasteiger partial charge in [-0.05, 0) is 37.5 Å². The Bertz CT molecular complexity index is 418. The number of phenolic OH excluding ortho intramolecular Hbond substituents is 1. The van der Waals surface area contributed by atoms with Crippen LogP contribution in [0.3, 0.4) is 0 Å². The average Bonchev–Trinajstić information content (AvgIpc) is 3.15. The zero-order valence-electron chi connectivity index (χ0n) is 10.6. The lowest BCUT2D eigenvalue weighted by Gasteiger charge is -2.22. The van der Waals surface area contributed by atoms with Gasteiger partial charge in [-0.25, -0.2) is 0 Å². The fourth-order valence-electron chi connectivity index (χ4n) is 2.19. The van der Waals surface area contributed by atoms with Crippen molar-refractivity contribution in [2.45, 2.75) is 32.2 Å². The normalized spacial score (nSPS) is 18.6. The third-order valence-corrected chi connectivity index (χ3v) is 4.28. The van der Waals surface area contributed by atoms with Crippen LogP contribution >= 0.6 is 15.9 Å². The van der Waals surface area contributed by atoms with Crippen molar-refractivity contribution < 1.29 is 10.2 Å². The molecule has 1 aromatic carbocycles. The number of phenols is 1. The Hall–Kier alpha value is -0.580. The topological polar surface area (TPSA) is 52.5 Å². The van der Waals surface area contributed by atoms with Crippen molar-refractivity contribution in [2.24, 2.45) is 5.41 Å². The molecule has 3 N–H and O–H groups in total. The number of halogens is 1. The number of nitrogens with one attached hydrogen (secondary N) is 1. The first-order valence-electron chi connectivity index (χ1n) is 6.43. The molecular weight excluding hydrogens is 294 g/mol. The highest BCUT2D eigenvalue weighted by Crippen LogP contribution is 2.45. The first-order valence-corrected chi connectivity index (χ1v) is 7.22.